The van der Waals surface area contributed by atoms with Crippen molar-refractivity contribution in [3.63, 3.8) is 0 Å². The first-order chi connectivity index (χ1) is 25.6. The molecule has 0 saturated heterocycles. The Balaban J connectivity index is 0.000000125. The van der Waals surface area contributed by atoms with Crippen LogP contribution in [0.5, 0.6) is 0 Å². The van der Waals surface area contributed by atoms with E-state index in [2.05, 4.69) is 30.2 Å². The van der Waals surface area contributed by atoms with E-state index in [1.165, 1.54) is 13.5 Å². The van der Waals surface area contributed by atoms with Crippen LogP contribution in [0, 0.1) is 0 Å². The summed E-state index contributed by atoms with van der Waals surface area (Å²) in [5.74, 6) is 0. The number of rotatable bonds is 6. The summed E-state index contributed by atoms with van der Waals surface area (Å²) in [4.78, 5) is 14.4. The molecular formula is C30H24N12O6S6. The van der Waals surface area contributed by atoms with E-state index >= 15 is 0 Å². The van der Waals surface area contributed by atoms with Crippen molar-refractivity contribution in [1.82, 2.24) is 43.8 Å². The molecule has 9 aromatic rings. The first kappa shape index (κ1) is 37.0. The largest absolute Gasteiger partial charge is 0.267 e. The van der Waals surface area contributed by atoms with E-state index in [4.69, 9.17) is 15.4 Å². The molecule has 0 unspecified atom stereocenters. The molecule has 0 aliphatic carbocycles. The van der Waals surface area contributed by atoms with Gasteiger partial charge in [0, 0.05) is 16.7 Å². The summed E-state index contributed by atoms with van der Waals surface area (Å²) >= 11 is 2.84. The number of fused-ring (bicyclic) bond motifs is 3. The third kappa shape index (κ3) is 8.25. The number of primary sulfonamides is 3. The molecule has 0 spiro atoms. The van der Waals surface area contributed by atoms with Crippen LogP contribution in [0.3, 0.4) is 0 Å². The molecule has 6 N–H and O–H groups in total. The molecule has 3 aromatic carbocycles. The maximum Gasteiger partial charge on any atom is 0.267 e. The molecule has 6 heterocycles. The van der Waals surface area contributed by atoms with Crippen LogP contribution in [0.15, 0.2) is 123 Å². The number of nitrogens with two attached hydrogens (primary N) is 3. The Morgan fingerprint density at radius 2 is 0.648 bits per heavy atom. The molecule has 0 amide bonds. The summed E-state index contributed by atoms with van der Waals surface area (Å²) in [6, 6.07) is 28.7. The van der Waals surface area contributed by atoms with Crippen molar-refractivity contribution in [3.05, 3.63) is 110 Å². The van der Waals surface area contributed by atoms with Gasteiger partial charge in [0.1, 0.15) is 0 Å². The van der Waals surface area contributed by atoms with Gasteiger partial charge in [0.2, 0.25) is 27.9 Å². The Morgan fingerprint density at radius 1 is 0.407 bits per heavy atom. The topological polar surface area (TPSA) is 271 Å². The second-order valence-corrected chi connectivity index (χ2v) is 19.0. The van der Waals surface area contributed by atoms with Crippen molar-refractivity contribution in [2.75, 3.05) is 0 Å². The fourth-order valence-corrected chi connectivity index (χ4v) is 9.15. The average Bonchev–Trinajstić information content (AvgIpc) is 3.96. The highest BCUT2D eigenvalue weighted by Gasteiger charge is 2.19. The van der Waals surface area contributed by atoms with Crippen LogP contribution in [0.1, 0.15) is 0 Å². The molecule has 0 fully saturated rings. The molecule has 18 nitrogen and oxygen atoms in total. The van der Waals surface area contributed by atoms with Gasteiger partial charge in [-0.15, -0.1) is 15.3 Å². The molecule has 54 heavy (non-hydrogen) atoms. The fraction of sp³-hybridized carbons (Fsp3) is 0. The van der Waals surface area contributed by atoms with Gasteiger partial charge in [-0.05, 0) is 0 Å². The summed E-state index contributed by atoms with van der Waals surface area (Å²) in [6.45, 7) is 0. The molecule has 0 bridgehead atoms. The van der Waals surface area contributed by atoms with E-state index in [0.717, 1.165) is 67.8 Å². The van der Waals surface area contributed by atoms with E-state index in [1.54, 1.807) is 18.6 Å². The van der Waals surface area contributed by atoms with Crippen molar-refractivity contribution < 1.29 is 25.3 Å². The lowest BCUT2D eigenvalue weighted by Gasteiger charge is -1.93. The van der Waals surface area contributed by atoms with Gasteiger partial charge in [-0.25, -0.2) is 69.2 Å². The standard InChI is InChI=1S/3C10H8N4O2S2/c3*11-18(15,16)10-13-14-6-8(12-9(14)17-10)7-4-2-1-3-5-7/h3*1-6H,(H2,11,15,16). The smallest absolute Gasteiger partial charge is 0.223 e. The summed E-state index contributed by atoms with van der Waals surface area (Å²) < 4.78 is 70.7. The maximum absolute atomic E-state index is 11.1. The number of benzene rings is 3. The van der Waals surface area contributed by atoms with Crippen molar-refractivity contribution in [2.24, 2.45) is 15.4 Å². The zero-order chi connectivity index (χ0) is 38.3. The van der Waals surface area contributed by atoms with Gasteiger partial charge in [-0.3, -0.25) is 0 Å². The van der Waals surface area contributed by atoms with E-state index in [1.807, 2.05) is 91.0 Å². The normalized spacial score (nSPS) is 12.1. The lowest BCUT2D eigenvalue weighted by Crippen LogP contribution is -2.12. The maximum atomic E-state index is 11.1. The van der Waals surface area contributed by atoms with Crippen molar-refractivity contribution in [1.29, 1.82) is 0 Å². The fourth-order valence-electron chi connectivity index (χ4n) is 4.63. The first-order valence-electron chi connectivity index (χ1n) is 15.0. The van der Waals surface area contributed by atoms with Gasteiger partial charge in [0.05, 0.1) is 35.7 Å². The van der Waals surface area contributed by atoms with Gasteiger partial charge in [-0.1, -0.05) is 125 Å². The molecular weight excluding hydrogens is 817 g/mol. The highest BCUT2D eigenvalue weighted by atomic mass is 32.3. The summed E-state index contributed by atoms with van der Waals surface area (Å²) in [5.41, 5.74) is 5.09. The quantitative estimate of drug-likeness (QED) is 0.218. The SMILES string of the molecule is NS(=O)(=O)c1nn2cc(-c3ccccc3)nc2s1.NS(=O)(=O)c1nn2cc(-c3ccccc3)nc2s1.NS(=O)(=O)c1nn2cc(-c3ccccc3)nc2s1. The number of hydrogen-bond acceptors (Lipinski definition) is 15. The number of nitrogens with zero attached hydrogens (tertiary/aromatic N) is 9. The molecule has 0 radical (unpaired) electrons. The van der Waals surface area contributed by atoms with E-state index < -0.39 is 30.1 Å². The lowest BCUT2D eigenvalue weighted by molar-refractivity contribution is 0.593. The third-order valence-corrected chi connectivity index (χ3v) is 13.7. The molecule has 24 heteroatoms. The Morgan fingerprint density at radius 3 is 0.852 bits per heavy atom. The van der Waals surface area contributed by atoms with Crippen molar-refractivity contribution >= 4 is 79.0 Å². The lowest BCUT2D eigenvalue weighted by atomic mass is 10.2. The number of hydrogen-bond donors (Lipinski definition) is 3. The highest BCUT2D eigenvalue weighted by Crippen LogP contribution is 2.26. The van der Waals surface area contributed by atoms with Crippen LogP contribution in [0.25, 0.3) is 48.7 Å². The molecule has 0 saturated carbocycles. The summed E-state index contributed by atoms with van der Waals surface area (Å²) in [7, 11) is -11.3. The minimum absolute atomic E-state index is 0.135. The van der Waals surface area contributed by atoms with Crippen LogP contribution in [-0.2, 0) is 30.1 Å². The highest BCUT2D eigenvalue weighted by molar-refractivity contribution is 7.91. The summed E-state index contributed by atoms with van der Waals surface area (Å²) in [5, 5.41) is 26.7. The monoisotopic (exact) mass is 840 g/mol. The third-order valence-electron chi connectivity index (χ3n) is 7.01. The predicted octanol–water partition coefficient (Wildman–Crippen LogP) is 3.32. The average molecular weight is 841 g/mol. The van der Waals surface area contributed by atoms with E-state index in [0.29, 0.717) is 14.9 Å². The van der Waals surface area contributed by atoms with Crippen molar-refractivity contribution in [3.8, 4) is 33.8 Å². The van der Waals surface area contributed by atoms with Gasteiger partial charge < -0.3 is 0 Å². The Hall–Kier alpha value is -5.31. The minimum Gasteiger partial charge on any atom is -0.223 e. The zero-order valence-corrected chi connectivity index (χ0v) is 31.9. The number of imidazole rings is 3. The number of sulfonamides is 3. The van der Waals surface area contributed by atoms with Crippen LogP contribution < -0.4 is 15.4 Å². The molecule has 0 atom stereocenters. The van der Waals surface area contributed by atoms with Crippen LogP contribution in [0.2, 0.25) is 0 Å². The number of aromatic nitrogens is 9. The molecule has 0 aliphatic rings. The molecule has 6 aromatic heterocycles. The van der Waals surface area contributed by atoms with Gasteiger partial charge in [0.25, 0.3) is 30.1 Å². The molecule has 276 valence electrons. The molecule has 9 rings (SSSR count). The minimum atomic E-state index is -3.77. The second kappa shape index (κ2) is 14.5. The Labute approximate surface area is 318 Å². The Kier molecular flexibility index (Phi) is 9.94. The van der Waals surface area contributed by atoms with Crippen LogP contribution >= 0.6 is 34.0 Å². The zero-order valence-electron chi connectivity index (χ0n) is 27.0. The second-order valence-electron chi connectivity index (χ2n) is 10.9. The Bertz CT molecular complexity index is 2650. The van der Waals surface area contributed by atoms with Crippen LogP contribution in [0.4, 0.5) is 0 Å². The first-order valence-corrected chi connectivity index (χ1v) is 22.0. The summed E-state index contributed by atoms with van der Waals surface area (Å²) in [6.07, 6.45) is 5.03. The predicted molar refractivity (Wildman–Crippen MR) is 203 cm³/mol. The van der Waals surface area contributed by atoms with E-state index in [9.17, 15) is 25.3 Å². The van der Waals surface area contributed by atoms with Gasteiger partial charge in [0.15, 0.2) is 0 Å². The van der Waals surface area contributed by atoms with Gasteiger partial charge >= 0.3 is 0 Å². The van der Waals surface area contributed by atoms with E-state index in [-0.39, 0.29) is 13.0 Å². The van der Waals surface area contributed by atoms with Gasteiger partial charge in [-0.2, -0.15) is 0 Å². The van der Waals surface area contributed by atoms with Crippen molar-refractivity contribution in [2.45, 2.75) is 13.0 Å². The molecule has 0 aliphatic heterocycles. The van der Waals surface area contributed by atoms with Crippen LogP contribution in [-0.4, -0.2) is 69.0 Å².